The summed E-state index contributed by atoms with van der Waals surface area (Å²) in [6.45, 7) is 1.80. The number of nitrogen functional groups attached to an aromatic ring is 1. The number of nitrogens with one attached hydrogen (secondary N) is 1. The molecule has 0 aliphatic rings. The Bertz CT molecular complexity index is 631. The van der Waals surface area contributed by atoms with E-state index in [2.05, 4.69) is 10.3 Å². The highest BCUT2D eigenvalue weighted by Crippen LogP contribution is 2.18. The molecule has 0 spiro atoms. The predicted molar refractivity (Wildman–Crippen MR) is 75.9 cm³/mol. The van der Waals surface area contributed by atoms with E-state index in [1.54, 1.807) is 19.1 Å². The van der Waals surface area contributed by atoms with Crippen LogP contribution in [0.25, 0.3) is 0 Å². The van der Waals surface area contributed by atoms with E-state index in [0.717, 1.165) is 5.56 Å². The first-order valence-electron chi connectivity index (χ1n) is 5.94. The molecule has 104 valence electrons. The summed E-state index contributed by atoms with van der Waals surface area (Å²) in [6.07, 6.45) is 1.36. The highest BCUT2D eigenvalue weighted by atomic mass is 35.5. The van der Waals surface area contributed by atoms with Crippen molar-refractivity contribution in [2.24, 2.45) is 0 Å². The van der Waals surface area contributed by atoms with Gasteiger partial charge in [-0.25, -0.2) is 9.37 Å². The molecule has 0 aliphatic carbocycles. The van der Waals surface area contributed by atoms with Crippen molar-refractivity contribution in [3.63, 3.8) is 0 Å². The van der Waals surface area contributed by atoms with Crippen LogP contribution in [0.5, 0.6) is 0 Å². The number of anilines is 1. The summed E-state index contributed by atoms with van der Waals surface area (Å²) in [5.74, 6) is -0.465. The summed E-state index contributed by atoms with van der Waals surface area (Å²) in [5.41, 5.74) is 6.60. The van der Waals surface area contributed by atoms with E-state index in [4.69, 9.17) is 17.3 Å². The van der Waals surface area contributed by atoms with E-state index >= 15 is 0 Å². The van der Waals surface area contributed by atoms with E-state index in [9.17, 15) is 9.18 Å². The van der Waals surface area contributed by atoms with Crippen LogP contribution in [-0.4, -0.2) is 10.9 Å². The largest absolute Gasteiger partial charge is 0.382 e. The van der Waals surface area contributed by atoms with Crippen LogP contribution >= 0.6 is 11.6 Å². The van der Waals surface area contributed by atoms with Crippen molar-refractivity contribution in [1.82, 2.24) is 10.3 Å². The number of nitrogens with two attached hydrogens (primary N) is 1. The minimum absolute atomic E-state index is 0.176. The molecule has 1 aromatic carbocycles. The number of carbonyl (C=O) groups excluding carboxylic acids is 1. The molecule has 0 fully saturated rings. The summed E-state index contributed by atoms with van der Waals surface area (Å²) in [4.78, 5) is 15.9. The maximum Gasteiger partial charge on any atom is 0.253 e. The van der Waals surface area contributed by atoms with Crippen LogP contribution in [0.3, 0.4) is 0 Å². The summed E-state index contributed by atoms with van der Waals surface area (Å²) in [5, 5.41) is 3.01. The molecule has 0 bridgehead atoms. The smallest absolute Gasteiger partial charge is 0.253 e. The quantitative estimate of drug-likeness (QED) is 0.914. The SMILES string of the molecule is CC(NC(=O)c1cnc(N)c(Cl)c1)c1ccc(F)cc1. The molecular formula is C14H13ClFN3O. The number of rotatable bonds is 3. The number of pyridine rings is 1. The standard InChI is InChI=1S/C14H13ClFN3O/c1-8(9-2-4-11(16)5-3-9)19-14(20)10-6-12(15)13(17)18-7-10/h2-8H,1H3,(H2,17,18)(H,19,20). The summed E-state index contributed by atoms with van der Waals surface area (Å²) >= 11 is 5.82. The summed E-state index contributed by atoms with van der Waals surface area (Å²) < 4.78 is 12.8. The Balaban J connectivity index is 2.10. The summed E-state index contributed by atoms with van der Waals surface area (Å²) in [6, 6.07) is 7.12. The molecule has 1 aromatic heterocycles. The maximum atomic E-state index is 12.8. The minimum atomic E-state index is -0.323. The fourth-order valence-corrected chi connectivity index (χ4v) is 1.85. The van der Waals surface area contributed by atoms with Gasteiger partial charge >= 0.3 is 0 Å². The second-order valence-electron chi connectivity index (χ2n) is 4.34. The zero-order valence-electron chi connectivity index (χ0n) is 10.7. The van der Waals surface area contributed by atoms with Gasteiger partial charge in [0, 0.05) is 6.20 Å². The highest BCUT2D eigenvalue weighted by molar-refractivity contribution is 6.33. The number of hydrogen-bond acceptors (Lipinski definition) is 3. The number of carbonyl (C=O) groups is 1. The van der Waals surface area contributed by atoms with Crippen molar-refractivity contribution in [2.75, 3.05) is 5.73 Å². The molecule has 1 amide bonds. The minimum Gasteiger partial charge on any atom is -0.382 e. The molecule has 2 rings (SSSR count). The molecule has 2 aromatic rings. The Kier molecular flexibility index (Phi) is 4.20. The lowest BCUT2D eigenvalue weighted by atomic mass is 10.1. The number of benzene rings is 1. The molecule has 1 unspecified atom stereocenters. The van der Waals surface area contributed by atoms with Crippen LogP contribution in [0.4, 0.5) is 10.2 Å². The van der Waals surface area contributed by atoms with Gasteiger partial charge < -0.3 is 11.1 Å². The van der Waals surface area contributed by atoms with Crippen LogP contribution in [0.15, 0.2) is 36.5 Å². The van der Waals surface area contributed by atoms with Crippen LogP contribution in [0.1, 0.15) is 28.9 Å². The van der Waals surface area contributed by atoms with Gasteiger partial charge in [-0.05, 0) is 30.7 Å². The van der Waals surface area contributed by atoms with Gasteiger partial charge in [-0.1, -0.05) is 23.7 Å². The summed E-state index contributed by atoms with van der Waals surface area (Å²) in [7, 11) is 0. The molecule has 1 heterocycles. The van der Waals surface area contributed by atoms with Gasteiger partial charge in [0.05, 0.1) is 16.6 Å². The molecule has 3 N–H and O–H groups in total. The average molecular weight is 294 g/mol. The third-order valence-corrected chi connectivity index (χ3v) is 3.15. The molecule has 6 heteroatoms. The Morgan fingerprint density at radius 3 is 2.65 bits per heavy atom. The van der Waals surface area contributed by atoms with E-state index in [1.165, 1.54) is 24.4 Å². The fourth-order valence-electron chi connectivity index (χ4n) is 1.69. The van der Waals surface area contributed by atoms with Gasteiger partial charge in [-0.3, -0.25) is 4.79 Å². The monoisotopic (exact) mass is 293 g/mol. The molecule has 0 radical (unpaired) electrons. The first-order valence-corrected chi connectivity index (χ1v) is 6.32. The number of aromatic nitrogens is 1. The Labute approximate surface area is 120 Å². The molecule has 0 saturated heterocycles. The van der Waals surface area contributed by atoms with Gasteiger partial charge in [-0.15, -0.1) is 0 Å². The first-order chi connectivity index (χ1) is 9.47. The highest BCUT2D eigenvalue weighted by Gasteiger charge is 2.13. The average Bonchev–Trinajstić information content (AvgIpc) is 2.42. The van der Waals surface area contributed by atoms with Gasteiger partial charge in [0.1, 0.15) is 11.6 Å². The lowest BCUT2D eigenvalue weighted by Crippen LogP contribution is -2.26. The van der Waals surface area contributed by atoms with E-state index in [-0.39, 0.29) is 28.6 Å². The van der Waals surface area contributed by atoms with Crippen molar-refractivity contribution >= 4 is 23.3 Å². The van der Waals surface area contributed by atoms with Gasteiger partial charge in [0.2, 0.25) is 0 Å². The van der Waals surface area contributed by atoms with E-state index < -0.39 is 0 Å². The Morgan fingerprint density at radius 2 is 2.05 bits per heavy atom. The van der Waals surface area contributed by atoms with Gasteiger partial charge in [-0.2, -0.15) is 0 Å². The lowest BCUT2D eigenvalue weighted by molar-refractivity contribution is 0.0939. The van der Waals surface area contributed by atoms with Crippen molar-refractivity contribution < 1.29 is 9.18 Å². The fraction of sp³-hybridized carbons (Fsp3) is 0.143. The zero-order valence-corrected chi connectivity index (χ0v) is 11.5. The molecule has 0 aliphatic heterocycles. The second kappa shape index (κ2) is 5.88. The third-order valence-electron chi connectivity index (χ3n) is 2.85. The molecular weight excluding hydrogens is 281 g/mol. The van der Waals surface area contributed by atoms with Crippen molar-refractivity contribution in [1.29, 1.82) is 0 Å². The number of hydrogen-bond donors (Lipinski definition) is 2. The van der Waals surface area contributed by atoms with E-state index in [1.807, 2.05) is 0 Å². The molecule has 1 atom stereocenters. The number of nitrogens with zero attached hydrogens (tertiary/aromatic N) is 1. The van der Waals surface area contributed by atoms with E-state index in [0.29, 0.717) is 5.56 Å². The topological polar surface area (TPSA) is 68.0 Å². The molecule has 4 nitrogen and oxygen atoms in total. The molecule has 0 saturated carbocycles. The van der Waals surface area contributed by atoms with Gasteiger partial charge in [0.15, 0.2) is 0 Å². The van der Waals surface area contributed by atoms with Crippen LogP contribution in [0.2, 0.25) is 5.02 Å². The van der Waals surface area contributed by atoms with Gasteiger partial charge in [0.25, 0.3) is 5.91 Å². The maximum absolute atomic E-state index is 12.8. The van der Waals surface area contributed by atoms with Crippen molar-refractivity contribution in [2.45, 2.75) is 13.0 Å². The van der Waals surface area contributed by atoms with Crippen molar-refractivity contribution in [3.05, 3.63) is 58.5 Å². The van der Waals surface area contributed by atoms with Crippen molar-refractivity contribution in [3.8, 4) is 0 Å². The van der Waals surface area contributed by atoms with Crippen LogP contribution < -0.4 is 11.1 Å². The Hall–Kier alpha value is -2.14. The number of amides is 1. The number of halogens is 2. The van der Waals surface area contributed by atoms with Crippen LogP contribution in [-0.2, 0) is 0 Å². The molecule has 20 heavy (non-hydrogen) atoms. The normalized spacial score (nSPS) is 11.9. The second-order valence-corrected chi connectivity index (χ2v) is 4.74. The lowest BCUT2D eigenvalue weighted by Gasteiger charge is -2.14. The predicted octanol–water partition coefficient (Wildman–Crippen LogP) is 2.95. The van der Waals surface area contributed by atoms with Crippen LogP contribution in [0, 0.1) is 5.82 Å². The first kappa shape index (κ1) is 14.3. The Morgan fingerprint density at radius 1 is 1.40 bits per heavy atom. The zero-order chi connectivity index (χ0) is 14.7. The third kappa shape index (κ3) is 3.24.